The number of benzene rings is 3. The number of phenolic OH excluding ortho intramolecular Hbond substituents is 1. The van der Waals surface area contributed by atoms with Gasteiger partial charge in [0.1, 0.15) is 16.3 Å². The number of azo groups is 1. The molecule has 0 fully saturated rings. The predicted octanol–water partition coefficient (Wildman–Crippen LogP) is 4.28. The smallest absolute Gasteiger partial charge is 0.361 e. The number of phenols is 1. The van der Waals surface area contributed by atoms with Crippen molar-refractivity contribution in [1.82, 2.24) is 9.78 Å². The van der Waals surface area contributed by atoms with E-state index < -0.39 is 32.6 Å². The Kier molecular flexibility index (Phi) is 6.01. The van der Waals surface area contributed by atoms with Gasteiger partial charge in [0.2, 0.25) is 11.6 Å². The first kappa shape index (κ1) is 22.9. The summed E-state index contributed by atoms with van der Waals surface area (Å²) in [5, 5.41) is 33.5. The van der Waals surface area contributed by atoms with Crippen molar-refractivity contribution in [3.8, 4) is 17.3 Å². The quantitative estimate of drug-likeness (QED) is 0.208. The number of rotatable bonds is 6. The third-order valence-electron chi connectivity index (χ3n) is 4.79. The summed E-state index contributed by atoms with van der Waals surface area (Å²) in [5.41, 5.74) is -0.336. The molecule has 1 aromatic heterocycles. The van der Waals surface area contributed by atoms with Crippen molar-refractivity contribution in [2.75, 3.05) is 6.61 Å². The number of aromatic hydroxyl groups is 2. The Balaban J connectivity index is 1.90. The maximum Gasteiger partial charge on any atom is 0.361 e. The molecular formula is C22H18N4O7S. The highest BCUT2D eigenvalue weighted by atomic mass is 32.2. The summed E-state index contributed by atoms with van der Waals surface area (Å²) in [4.78, 5) is 11.9. The Bertz CT molecular complexity index is 1530. The van der Waals surface area contributed by atoms with E-state index in [0.29, 0.717) is 5.69 Å². The molecular weight excluding hydrogens is 464 g/mol. The van der Waals surface area contributed by atoms with Gasteiger partial charge in [-0.25, -0.2) is 4.79 Å². The van der Waals surface area contributed by atoms with E-state index in [1.807, 2.05) is 0 Å². The van der Waals surface area contributed by atoms with Crippen LogP contribution in [0.25, 0.3) is 16.5 Å². The number of esters is 1. The van der Waals surface area contributed by atoms with Gasteiger partial charge in [-0.1, -0.05) is 42.5 Å². The van der Waals surface area contributed by atoms with Crippen LogP contribution >= 0.6 is 0 Å². The summed E-state index contributed by atoms with van der Waals surface area (Å²) in [6.07, 6.45) is 0. The van der Waals surface area contributed by atoms with Gasteiger partial charge in [-0.15, -0.1) is 10.2 Å². The Morgan fingerprint density at radius 1 is 1.00 bits per heavy atom. The molecule has 0 radical (unpaired) electrons. The summed E-state index contributed by atoms with van der Waals surface area (Å²) in [5.74, 6) is -1.95. The van der Waals surface area contributed by atoms with Crippen LogP contribution in [0.1, 0.15) is 17.4 Å². The maximum atomic E-state index is 12.5. The van der Waals surface area contributed by atoms with Crippen LogP contribution in [0, 0.1) is 0 Å². The molecule has 0 saturated heterocycles. The van der Waals surface area contributed by atoms with E-state index in [0.717, 1.165) is 10.7 Å². The van der Waals surface area contributed by atoms with Crippen LogP contribution in [-0.4, -0.2) is 45.5 Å². The molecule has 3 aromatic carbocycles. The molecule has 4 rings (SSSR count). The van der Waals surface area contributed by atoms with E-state index in [2.05, 4.69) is 15.3 Å². The summed E-state index contributed by atoms with van der Waals surface area (Å²) >= 11 is 0. The number of hydrogen-bond donors (Lipinski definition) is 3. The van der Waals surface area contributed by atoms with Gasteiger partial charge in [0.05, 0.1) is 12.3 Å². The molecule has 0 atom stereocenters. The van der Waals surface area contributed by atoms with Crippen LogP contribution in [0.3, 0.4) is 0 Å². The third kappa shape index (κ3) is 4.19. The topological polar surface area (TPSA) is 164 Å². The van der Waals surface area contributed by atoms with Gasteiger partial charge < -0.3 is 14.9 Å². The summed E-state index contributed by atoms with van der Waals surface area (Å²) in [6, 6.07) is 15.3. The largest absolute Gasteiger partial charge is 0.506 e. The van der Waals surface area contributed by atoms with Crippen molar-refractivity contribution in [3.63, 3.8) is 0 Å². The van der Waals surface area contributed by atoms with Crippen LogP contribution < -0.4 is 0 Å². The van der Waals surface area contributed by atoms with Gasteiger partial charge in [0, 0.05) is 16.8 Å². The van der Waals surface area contributed by atoms with Gasteiger partial charge in [0.15, 0.2) is 5.69 Å². The van der Waals surface area contributed by atoms with Gasteiger partial charge >= 0.3 is 5.97 Å². The first-order valence-corrected chi connectivity index (χ1v) is 11.3. The fraction of sp³-hybridized carbons (Fsp3) is 0.0909. The van der Waals surface area contributed by atoms with E-state index in [9.17, 15) is 28.0 Å². The average Bonchev–Trinajstić information content (AvgIpc) is 3.14. The molecule has 4 aromatic rings. The molecule has 174 valence electrons. The second kappa shape index (κ2) is 8.92. The minimum absolute atomic E-state index is 0.0525. The third-order valence-corrected chi connectivity index (χ3v) is 5.69. The van der Waals surface area contributed by atoms with Gasteiger partial charge in [-0.2, -0.15) is 18.2 Å². The van der Waals surface area contributed by atoms with Gasteiger partial charge in [0.25, 0.3) is 10.1 Å². The van der Waals surface area contributed by atoms with Crippen LogP contribution in [0.2, 0.25) is 0 Å². The Morgan fingerprint density at radius 2 is 1.62 bits per heavy atom. The molecule has 0 aliphatic carbocycles. The van der Waals surface area contributed by atoms with Crippen LogP contribution in [-0.2, 0) is 14.9 Å². The van der Waals surface area contributed by atoms with Gasteiger partial charge in [-0.3, -0.25) is 4.55 Å². The number of aromatic nitrogens is 2. The lowest BCUT2D eigenvalue weighted by molar-refractivity contribution is 0.0520. The second-order valence-corrected chi connectivity index (χ2v) is 8.34. The summed E-state index contributed by atoms with van der Waals surface area (Å²) < 4.78 is 39.1. The number of nitrogens with zero attached hydrogens (tertiary/aromatic N) is 4. The lowest BCUT2D eigenvalue weighted by Gasteiger charge is -2.08. The van der Waals surface area contributed by atoms with Gasteiger partial charge in [-0.05, 0) is 19.1 Å². The Labute approximate surface area is 193 Å². The van der Waals surface area contributed by atoms with Crippen molar-refractivity contribution in [1.29, 1.82) is 0 Å². The molecule has 34 heavy (non-hydrogen) atoms. The Morgan fingerprint density at radius 3 is 2.26 bits per heavy atom. The van der Waals surface area contributed by atoms with Crippen molar-refractivity contribution in [3.05, 3.63) is 66.4 Å². The zero-order valence-corrected chi connectivity index (χ0v) is 18.5. The molecule has 11 nitrogen and oxygen atoms in total. The first-order chi connectivity index (χ1) is 16.2. The molecule has 1 heterocycles. The van der Waals surface area contributed by atoms with Crippen LogP contribution in [0.15, 0.2) is 75.8 Å². The molecule has 12 heteroatoms. The second-order valence-electron chi connectivity index (χ2n) is 6.95. The molecule has 0 aliphatic rings. The number of fused-ring (bicyclic) bond motifs is 1. The lowest BCUT2D eigenvalue weighted by atomic mass is 10.1. The predicted molar refractivity (Wildman–Crippen MR) is 121 cm³/mol. The molecule has 0 saturated carbocycles. The molecule has 0 unspecified atom stereocenters. The molecule has 3 N–H and O–H groups in total. The van der Waals surface area contributed by atoms with Crippen molar-refractivity contribution < 1.29 is 32.7 Å². The van der Waals surface area contributed by atoms with E-state index in [1.165, 1.54) is 12.1 Å². The van der Waals surface area contributed by atoms with E-state index in [-0.39, 0.29) is 34.4 Å². The van der Waals surface area contributed by atoms with Crippen molar-refractivity contribution >= 4 is 38.2 Å². The normalized spacial score (nSPS) is 11.8. The minimum Gasteiger partial charge on any atom is -0.506 e. The fourth-order valence-corrected chi connectivity index (χ4v) is 4.03. The molecule has 0 spiro atoms. The van der Waals surface area contributed by atoms with Crippen molar-refractivity contribution in [2.24, 2.45) is 10.2 Å². The number of ether oxygens (including phenoxy) is 1. The Hall–Kier alpha value is -4.29. The van der Waals surface area contributed by atoms with E-state index in [1.54, 1.807) is 49.4 Å². The number of hydrogen-bond acceptors (Lipinski definition) is 9. The fourth-order valence-electron chi connectivity index (χ4n) is 3.31. The highest BCUT2D eigenvalue weighted by Gasteiger charge is 2.26. The highest BCUT2D eigenvalue weighted by Crippen LogP contribution is 2.41. The monoisotopic (exact) mass is 482 g/mol. The standard InChI is InChI=1S/C22H18N4O7S/c1-2-33-22(29)20-19(21(28)26(25-20)13-8-4-3-5-9-13)24-23-18-15-11-7-6-10-14(15)17(12-16(18)27)34(30,31)32/h3-12,27-28H,2H2,1H3,(H,30,31,32)/b24-23+. The van der Waals surface area contributed by atoms with Crippen LogP contribution in [0.5, 0.6) is 11.6 Å². The maximum absolute atomic E-state index is 12.5. The molecule has 0 bridgehead atoms. The zero-order valence-electron chi connectivity index (χ0n) is 17.7. The average molecular weight is 482 g/mol. The zero-order chi connectivity index (χ0) is 24.5. The van der Waals surface area contributed by atoms with E-state index in [4.69, 9.17) is 4.74 Å². The van der Waals surface area contributed by atoms with Crippen LogP contribution in [0.4, 0.5) is 11.4 Å². The highest BCUT2D eigenvalue weighted by molar-refractivity contribution is 7.86. The summed E-state index contributed by atoms with van der Waals surface area (Å²) in [6.45, 7) is 1.66. The first-order valence-electron chi connectivity index (χ1n) is 9.90. The summed E-state index contributed by atoms with van der Waals surface area (Å²) in [7, 11) is -4.64. The number of carbonyl (C=O) groups is 1. The minimum atomic E-state index is -4.64. The lowest BCUT2D eigenvalue weighted by Crippen LogP contribution is -2.07. The number of carbonyl (C=O) groups excluding carboxylic acids is 1. The number of para-hydroxylation sites is 1. The molecule has 0 aliphatic heterocycles. The molecule has 0 amide bonds. The van der Waals surface area contributed by atoms with Crippen molar-refractivity contribution in [2.45, 2.75) is 11.8 Å². The SMILES string of the molecule is CCOC(=O)c1nn(-c2ccccc2)c(O)c1/N=N/c1c(O)cc(S(=O)(=O)O)c2ccccc12. The van der Waals surface area contributed by atoms with E-state index >= 15 is 0 Å².